The van der Waals surface area contributed by atoms with Crippen LogP contribution in [0.3, 0.4) is 0 Å². The summed E-state index contributed by atoms with van der Waals surface area (Å²) < 4.78 is 27.7. The van der Waals surface area contributed by atoms with Crippen molar-refractivity contribution in [2.45, 2.75) is 25.7 Å². The minimum atomic E-state index is -4.20. The summed E-state index contributed by atoms with van der Waals surface area (Å²) in [5.74, 6) is -0.754. The number of esters is 1. The predicted molar refractivity (Wildman–Crippen MR) is 76.0 cm³/mol. The van der Waals surface area contributed by atoms with Crippen LogP contribution < -0.4 is 0 Å². The van der Waals surface area contributed by atoms with Gasteiger partial charge in [-0.05, 0) is 18.9 Å². The zero-order valence-electron chi connectivity index (χ0n) is 11.6. The highest BCUT2D eigenvalue weighted by Gasteiger charge is 2.25. The van der Waals surface area contributed by atoms with Gasteiger partial charge in [-0.2, -0.15) is 0 Å². The molecule has 0 bridgehead atoms. The van der Waals surface area contributed by atoms with Gasteiger partial charge in [0.2, 0.25) is 0 Å². The summed E-state index contributed by atoms with van der Waals surface area (Å²) in [7, 11) is 0.986. The number of carbonyl (C=O) groups excluding carboxylic acids is 1. The van der Waals surface area contributed by atoms with E-state index in [0.29, 0.717) is 0 Å². The number of hydrogen-bond donors (Lipinski definition) is 0. The van der Waals surface area contributed by atoms with Gasteiger partial charge in [-0.3, -0.25) is 10.1 Å². The van der Waals surface area contributed by atoms with Gasteiger partial charge in [-0.15, -0.1) is 0 Å². The van der Waals surface area contributed by atoms with E-state index in [1.807, 2.05) is 13.8 Å². The lowest BCUT2D eigenvalue weighted by Crippen LogP contribution is -2.13. The van der Waals surface area contributed by atoms with E-state index in [9.17, 15) is 23.3 Å². The fourth-order valence-corrected chi connectivity index (χ4v) is 2.31. The van der Waals surface area contributed by atoms with Crippen LogP contribution in [0.15, 0.2) is 17.0 Å². The van der Waals surface area contributed by atoms with Gasteiger partial charge in [0, 0.05) is 22.3 Å². The first-order valence-electron chi connectivity index (χ1n) is 5.95. The van der Waals surface area contributed by atoms with Gasteiger partial charge in [0.15, 0.2) is 0 Å². The molecule has 0 fully saturated rings. The van der Waals surface area contributed by atoms with Crippen molar-refractivity contribution in [2.75, 3.05) is 6.61 Å². The molecule has 116 valence electrons. The van der Waals surface area contributed by atoms with Crippen molar-refractivity contribution in [3.8, 4) is 0 Å². The van der Waals surface area contributed by atoms with E-state index in [2.05, 4.69) is 0 Å². The standard InChI is InChI=1S/C12H14ClNO6S/c1-7(2)6-20-12(15)10-4-9(21(13,18)19)5-11(8(10)3)14(16)17/h4-5,7H,6H2,1-3H3. The predicted octanol–water partition coefficient (Wildman–Crippen LogP) is 2.64. The van der Waals surface area contributed by atoms with Crippen LogP contribution in [-0.4, -0.2) is 25.9 Å². The quantitative estimate of drug-likeness (QED) is 0.354. The molecule has 0 saturated carbocycles. The molecule has 0 saturated heterocycles. The largest absolute Gasteiger partial charge is 0.462 e. The van der Waals surface area contributed by atoms with Crippen molar-refractivity contribution in [1.29, 1.82) is 0 Å². The topological polar surface area (TPSA) is 104 Å². The number of benzene rings is 1. The summed E-state index contributed by atoms with van der Waals surface area (Å²) in [6.07, 6.45) is 0. The zero-order valence-corrected chi connectivity index (χ0v) is 13.2. The molecule has 0 spiro atoms. The first-order valence-corrected chi connectivity index (χ1v) is 8.25. The number of halogens is 1. The Morgan fingerprint density at radius 2 is 2.00 bits per heavy atom. The van der Waals surface area contributed by atoms with Crippen molar-refractivity contribution < 1.29 is 22.9 Å². The maximum Gasteiger partial charge on any atom is 0.338 e. The number of rotatable bonds is 5. The minimum Gasteiger partial charge on any atom is -0.462 e. The highest BCUT2D eigenvalue weighted by Crippen LogP contribution is 2.28. The van der Waals surface area contributed by atoms with Crippen molar-refractivity contribution in [3.05, 3.63) is 33.4 Å². The first kappa shape index (κ1) is 17.4. The van der Waals surface area contributed by atoms with Gasteiger partial charge in [0.25, 0.3) is 14.7 Å². The van der Waals surface area contributed by atoms with Crippen LogP contribution in [0.25, 0.3) is 0 Å². The van der Waals surface area contributed by atoms with Gasteiger partial charge < -0.3 is 4.74 Å². The highest BCUT2D eigenvalue weighted by atomic mass is 35.7. The Morgan fingerprint density at radius 1 is 1.43 bits per heavy atom. The van der Waals surface area contributed by atoms with E-state index in [0.717, 1.165) is 12.1 Å². The summed E-state index contributed by atoms with van der Waals surface area (Å²) in [6.45, 7) is 5.10. The van der Waals surface area contributed by atoms with E-state index in [4.69, 9.17) is 15.4 Å². The second-order valence-electron chi connectivity index (χ2n) is 4.80. The van der Waals surface area contributed by atoms with Gasteiger partial charge >= 0.3 is 5.97 Å². The highest BCUT2D eigenvalue weighted by molar-refractivity contribution is 8.13. The third kappa shape index (κ3) is 4.40. The Kier molecular flexibility index (Phi) is 5.30. The molecule has 1 aromatic rings. The third-order valence-electron chi connectivity index (χ3n) is 2.60. The van der Waals surface area contributed by atoms with E-state index >= 15 is 0 Å². The van der Waals surface area contributed by atoms with Gasteiger partial charge in [0.1, 0.15) is 0 Å². The van der Waals surface area contributed by atoms with Gasteiger partial charge in [0.05, 0.1) is 22.0 Å². The van der Waals surface area contributed by atoms with E-state index in [1.54, 1.807) is 0 Å². The number of nitrogens with zero attached hydrogens (tertiary/aromatic N) is 1. The first-order chi connectivity index (χ1) is 9.54. The normalized spacial score (nSPS) is 11.5. The SMILES string of the molecule is Cc1c(C(=O)OCC(C)C)cc(S(=O)(=O)Cl)cc1[N+](=O)[O-]. The van der Waals surface area contributed by atoms with Crippen LogP contribution in [0.5, 0.6) is 0 Å². The summed E-state index contributed by atoms with van der Waals surface area (Å²) in [5, 5.41) is 11.0. The van der Waals surface area contributed by atoms with Gasteiger partial charge in [-0.1, -0.05) is 13.8 Å². The molecule has 0 aromatic heterocycles. The molecule has 0 aliphatic heterocycles. The second-order valence-corrected chi connectivity index (χ2v) is 7.37. The van der Waals surface area contributed by atoms with Crippen LogP contribution >= 0.6 is 10.7 Å². The molecule has 0 atom stereocenters. The van der Waals surface area contributed by atoms with Crippen LogP contribution in [0, 0.1) is 23.0 Å². The molecule has 1 aromatic carbocycles. The Balaban J connectivity index is 3.40. The van der Waals surface area contributed by atoms with Crippen LogP contribution in [-0.2, 0) is 13.8 Å². The van der Waals surface area contributed by atoms with Crippen LogP contribution in [0.1, 0.15) is 29.8 Å². The second kappa shape index (κ2) is 6.40. The number of carbonyl (C=O) groups is 1. The Morgan fingerprint density at radius 3 is 2.43 bits per heavy atom. The van der Waals surface area contributed by atoms with Crippen molar-refractivity contribution in [1.82, 2.24) is 0 Å². The molecule has 0 amide bonds. The molecule has 0 N–H and O–H groups in total. The summed E-state index contributed by atoms with van der Waals surface area (Å²) in [5.41, 5.74) is -0.671. The maximum absolute atomic E-state index is 11.9. The molecule has 0 heterocycles. The fraction of sp³-hybridized carbons (Fsp3) is 0.417. The molecule has 0 aliphatic carbocycles. The summed E-state index contributed by atoms with van der Waals surface area (Å²) >= 11 is 0. The number of nitro groups is 1. The zero-order chi connectivity index (χ0) is 16.4. The molecule has 0 aliphatic rings. The van der Waals surface area contributed by atoms with Crippen molar-refractivity contribution in [2.24, 2.45) is 5.92 Å². The van der Waals surface area contributed by atoms with E-state index in [-0.39, 0.29) is 23.7 Å². The molecule has 21 heavy (non-hydrogen) atoms. The van der Waals surface area contributed by atoms with E-state index < -0.39 is 30.5 Å². The minimum absolute atomic E-state index is 0.0258. The molecule has 9 heteroatoms. The van der Waals surface area contributed by atoms with Crippen molar-refractivity contribution >= 4 is 31.4 Å². The lowest BCUT2D eigenvalue weighted by atomic mass is 10.1. The molecular formula is C12H14ClNO6S. The van der Waals surface area contributed by atoms with Crippen LogP contribution in [0.4, 0.5) is 5.69 Å². The summed E-state index contributed by atoms with van der Waals surface area (Å²) in [6, 6.07) is 1.80. The summed E-state index contributed by atoms with van der Waals surface area (Å²) in [4.78, 5) is 21.6. The monoisotopic (exact) mass is 335 g/mol. The molecule has 0 unspecified atom stereocenters. The number of ether oxygens (including phenoxy) is 1. The average molecular weight is 336 g/mol. The lowest BCUT2D eigenvalue weighted by Gasteiger charge is -2.10. The smallest absolute Gasteiger partial charge is 0.338 e. The third-order valence-corrected chi connectivity index (χ3v) is 3.93. The molecule has 0 radical (unpaired) electrons. The number of nitro benzene ring substituents is 1. The molecular weight excluding hydrogens is 322 g/mol. The Labute approximate surface area is 126 Å². The fourth-order valence-electron chi connectivity index (χ4n) is 1.54. The Hall–Kier alpha value is -1.67. The molecule has 7 nitrogen and oxygen atoms in total. The van der Waals surface area contributed by atoms with E-state index in [1.165, 1.54) is 6.92 Å². The van der Waals surface area contributed by atoms with Crippen LogP contribution in [0.2, 0.25) is 0 Å². The molecule has 1 rings (SSSR count). The Bertz CT molecular complexity index is 683. The number of hydrogen-bond acceptors (Lipinski definition) is 6. The van der Waals surface area contributed by atoms with Crippen molar-refractivity contribution in [3.63, 3.8) is 0 Å². The average Bonchev–Trinajstić information content (AvgIpc) is 2.34. The van der Waals surface area contributed by atoms with Gasteiger partial charge in [-0.25, -0.2) is 13.2 Å². The maximum atomic E-state index is 11.9. The lowest BCUT2D eigenvalue weighted by molar-refractivity contribution is -0.385.